The summed E-state index contributed by atoms with van der Waals surface area (Å²) in [5, 5.41) is 7.51. The third kappa shape index (κ3) is 4.31. The summed E-state index contributed by atoms with van der Waals surface area (Å²) >= 11 is 0. The van der Waals surface area contributed by atoms with Crippen molar-refractivity contribution in [2.24, 2.45) is 0 Å². The molecule has 1 saturated heterocycles. The van der Waals surface area contributed by atoms with Crippen LogP contribution in [0.5, 0.6) is 0 Å². The van der Waals surface area contributed by atoms with Gasteiger partial charge in [0.1, 0.15) is 0 Å². The largest absolute Gasteiger partial charge is 0.375 e. The fraction of sp³-hybridized carbons (Fsp3) is 0.714. The highest BCUT2D eigenvalue weighted by Crippen LogP contribution is 2.04. The Labute approximate surface area is 120 Å². The molecule has 0 aliphatic carbocycles. The maximum Gasteiger partial charge on any atom is 0.236 e. The van der Waals surface area contributed by atoms with Crippen LogP contribution in [0, 0.1) is 6.92 Å². The van der Waals surface area contributed by atoms with Crippen LogP contribution in [-0.2, 0) is 16.1 Å². The van der Waals surface area contributed by atoms with E-state index in [4.69, 9.17) is 4.74 Å². The molecule has 6 nitrogen and oxygen atoms in total. The molecule has 0 saturated carbocycles. The topological polar surface area (TPSA) is 59.4 Å². The number of rotatable bonds is 5. The Hall–Kier alpha value is -1.40. The molecule has 2 atom stereocenters. The lowest BCUT2D eigenvalue weighted by molar-refractivity contribution is -0.137. The van der Waals surface area contributed by atoms with Crippen LogP contribution >= 0.6 is 0 Å². The molecule has 1 aromatic heterocycles. The minimum absolute atomic E-state index is 0.136. The molecule has 0 aromatic carbocycles. The van der Waals surface area contributed by atoms with E-state index >= 15 is 0 Å². The van der Waals surface area contributed by atoms with Crippen LogP contribution in [0.15, 0.2) is 12.4 Å². The summed E-state index contributed by atoms with van der Waals surface area (Å²) in [6, 6.07) is 0.205. The van der Waals surface area contributed by atoms with Crippen molar-refractivity contribution in [1.82, 2.24) is 20.0 Å². The predicted octanol–water partition coefficient (Wildman–Crippen LogP) is 0.417. The van der Waals surface area contributed by atoms with Gasteiger partial charge in [-0.2, -0.15) is 5.10 Å². The Balaban J connectivity index is 1.72. The molecule has 0 unspecified atom stereocenters. The van der Waals surface area contributed by atoms with Crippen LogP contribution in [0.3, 0.4) is 0 Å². The fourth-order valence-electron chi connectivity index (χ4n) is 2.33. The van der Waals surface area contributed by atoms with Crippen molar-refractivity contribution in [2.45, 2.75) is 39.5 Å². The molecule has 1 fully saturated rings. The molecule has 20 heavy (non-hydrogen) atoms. The van der Waals surface area contributed by atoms with E-state index in [0.717, 1.165) is 12.1 Å². The van der Waals surface area contributed by atoms with Crippen molar-refractivity contribution in [3.05, 3.63) is 18.0 Å². The summed E-state index contributed by atoms with van der Waals surface area (Å²) in [6.07, 6.45) is 3.98. The van der Waals surface area contributed by atoms with Crippen LogP contribution in [-0.4, -0.2) is 59.0 Å². The normalized spacial score (nSPS) is 20.9. The molecule has 2 rings (SSSR count). The van der Waals surface area contributed by atoms with Crippen molar-refractivity contribution in [3.63, 3.8) is 0 Å². The minimum Gasteiger partial charge on any atom is -0.375 e. The van der Waals surface area contributed by atoms with E-state index in [0.29, 0.717) is 26.2 Å². The van der Waals surface area contributed by atoms with Gasteiger partial charge in [0.2, 0.25) is 5.91 Å². The number of carbonyl (C=O) groups is 1. The summed E-state index contributed by atoms with van der Waals surface area (Å²) in [5.41, 5.74) is 1.15. The van der Waals surface area contributed by atoms with Gasteiger partial charge in [0.05, 0.1) is 32.0 Å². The molecular formula is C14H24N4O2. The van der Waals surface area contributed by atoms with Gasteiger partial charge >= 0.3 is 0 Å². The Kier molecular flexibility index (Phi) is 5.14. The van der Waals surface area contributed by atoms with Gasteiger partial charge in [-0.3, -0.25) is 9.48 Å². The summed E-state index contributed by atoms with van der Waals surface area (Å²) in [6.45, 7) is 9.22. The van der Waals surface area contributed by atoms with Gasteiger partial charge in [-0.15, -0.1) is 0 Å². The molecule has 1 aromatic rings. The highest BCUT2D eigenvalue weighted by atomic mass is 16.5. The monoisotopic (exact) mass is 280 g/mol. The Bertz CT molecular complexity index is 446. The summed E-state index contributed by atoms with van der Waals surface area (Å²) < 4.78 is 7.34. The molecule has 1 aliphatic rings. The SMILES string of the molecule is Cc1cnn(C[C@@H](C)NCC(=O)N2CCO[C@@H](C)C2)c1. The smallest absolute Gasteiger partial charge is 0.236 e. The van der Waals surface area contributed by atoms with E-state index in [1.165, 1.54) is 0 Å². The second-order valence-corrected chi connectivity index (χ2v) is 5.54. The molecule has 1 N–H and O–H groups in total. The number of ether oxygens (including phenoxy) is 1. The first kappa shape index (κ1) is 15.0. The average molecular weight is 280 g/mol. The summed E-state index contributed by atoms with van der Waals surface area (Å²) in [5.74, 6) is 0.142. The van der Waals surface area contributed by atoms with Crippen LogP contribution in [0.25, 0.3) is 0 Å². The Morgan fingerprint density at radius 2 is 2.45 bits per heavy atom. The van der Waals surface area contributed by atoms with Crippen molar-refractivity contribution in [2.75, 3.05) is 26.2 Å². The number of aromatic nitrogens is 2. The minimum atomic E-state index is 0.136. The highest BCUT2D eigenvalue weighted by Gasteiger charge is 2.21. The van der Waals surface area contributed by atoms with Crippen LogP contribution in [0.4, 0.5) is 0 Å². The van der Waals surface area contributed by atoms with E-state index < -0.39 is 0 Å². The lowest BCUT2D eigenvalue weighted by Gasteiger charge is -2.31. The van der Waals surface area contributed by atoms with Crippen LogP contribution in [0.2, 0.25) is 0 Å². The van der Waals surface area contributed by atoms with E-state index in [9.17, 15) is 4.79 Å². The number of nitrogens with zero attached hydrogens (tertiary/aromatic N) is 3. The third-order valence-corrected chi connectivity index (χ3v) is 3.42. The van der Waals surface area contributed by atoms with Crippen LogP contribution in [0.1, 0.15) is 19.4 Å². The standard InChI is InChI=1S/C14H24N4O2/c1-11-6-16-18(8-11)9-12(2)15-7-14(19)17-4-5-20-13(3)10-17/h6,8,12-13,15H,4-5,7,9-10H2,1-3H3/t12-,13+/m1/s1. The van der Waals surface area contributed by atoms with Crippen molar-refractivity contribution in [3.8, 4) is 0 Å². The van der Waals surface area contributed by atoms with E-state index in [-0.39, 0.29) is 18.1 Å². The predicted molar refractivity (Wildman–Crippen MR) is 76.4 cm³/mol. The lowest BCUT2D eigenvalue weighted by atomic mass is 10.3. The first-order valence-electron chi connectivity index (χ1n) is 7.16. The van der Waals surface area contributed by atoms with E-state index in [2.05, 4.69) is 17.3 Å². The number of hydrogen-bond donors (Lipinski definition) is 1. The van der Waals surface area contributed by atoms with Crippen molar-refractivity contribution < 1.29 is 9.53 Å². The molecule has 1 aliphatic heterocycles. The number of nitrogens with one attached hydrogen (secondary N) is 1. The Morgan fingerprint density at radius 1 is 1.65 bits per heavy atom. The number of aryl methyl sites for hydroxylation is 1. The average Bonchev–Trinajstić information content (AvgIpc) is 2.81. The van der Waals surface area contributed by atoms with Gasteiger partial charge in [0.25, 0.3) is 0 Å². The Morgan fingerprint density at radius 3 is 3.10 bits per heavy atom. The van der Waals surface area contributed by atoms with Gasteiger partial charge in [-0.1, -0.05) is 0 Å². The van der Waals surface area contributed by atoms with Crippen molar-refractivity contribution in [1.29, 1.82) is 0 Å². The van der Waals surface area contributed by atoms with Crippen LogP contribution < -0.4 is 5.32 Å². The molecule has 1 amide bonds. The lowest BCUT2D eigenvalue weighted by Crippen LogP contribution is -2.48. The summed E-state index contributed by atoms with van der Waals surface area (Å²) in [7, 11) is 0. The number of amides is 1. The van der Waals surface area contributed by atoms with Gasteiger partial charge in [-0.05, 0) is 26.3 Å². The molecule has 2 heterocycles. The van der Waals surface area contributed by atoms with Gasteiger partial charge in [0.15, 0.2) is 0 Å². The van der Waals surface area contributed by atoms with Gasteiger partial charge in [-0.25, -0.2) is 0 Å². The summed E-state index contributed by atoms with van der Waals surface area (Å²) in [4.78, 5) is 14.0. The molecule has 6 heteroatoms. The zero-order chi connectivity index (χ0) is 14.5. The van der Waals surface area contributed by atoms with Gasteiger partial charge < -0.3 is 15.0 Å². The maximum atomic E-state index is 12.1. The molecule has 0 spiro atoms. The second kappa shape index (κ2) is 6.85. The number of carbonyl (C=O) groups excluding carboxylic acids is 1. The molecule has 112 valence electrons. The van der Waals surface area contributed by atoms with E-state index in [1.807, 2.05) is 35.8 Å². The highest BCUT2D eigenvalue weighted by molar-refractivity contribution is 5.78. The number of hydrogen-bond acceptors (Lipinski definition) is 4. The van der Waals surface area contributed by atoms with Crippen molar-refractivity contribution >= 4 is 5.91 Å². The zero-order valence-electron chi connectivity index (χ0n) is 12.5. The van der Waals surface area contributed by atoms with Gasteiger partial charge in [0, 0.05) is 25.3 Å². The maximum absolute atomic E-state index is 12.1. The molecule has 0 bridgehead atoms. The second-order valence-electron chi connectivity index (χ2n) is 5.54. The first-order chi connectivity index (χ1) is 9.54. The number of morpholine rings is 1. The molecular weight excluding hydrogens is 256 g/mol. The first-order valence-corrected chi connectivity index (χ1v) is 7.16. The zero-order valence-corrected chi connectivity index (χ0v) is 12.5. The molecule has 0 radical (unpaired) electrons. The van der Waals surface area contributed by atoms with E-state index in [1.54, 1.807) is 0 Å². The quantitative estimate of drug-likeness (QED) is 0.849. The third-order valence-electron chi connectivity index (χ3n) is 3.42. The fourth-order valence-corrected chi connectivity index (χ4v) is 2.33.